The zero-order valence-corrected chi connectivity index (χ0v) is 13.7. The molecule has 0 saturated heterocycles. The van der Waals surface area contributed by atoms with Crippen molar-refractivity contribution >= 4 is 11.6 Å². The summed E-state index contributed by atoms with van der Waals surface area (Å²) >= 11 is 0. The fraction of sp³-hybridized carbons (Fsp3) is 0.263. The van der Waals surface area contributed by atoms with Gasteiger partial charge in [0.15, 0.2) is 0 Å². The fourth-order valence-electron chi connectivity index (χ4n) is 2.65. The summed E-state index contributed by atoms with van der Waals surface area (Å²) in [7, 11) is 0. The van der Waals surface area contributed by atoms with Gasteiger partial charge in [-0.2, -0.15) is 0 Å². The van der Waals surface area contributed by atoms with Gasteiger partial charge in [0.25, 0.3) is 5.91 Å². The van der Waals surface area contributed by atoms with Gasteiger partial charge in [0, 0.05) is 12.8 Å². The van der Waals surface area contributed by atoms with Crippen LogP contribution in [-0.4, -0.2) is 17.7 Å². The summed E-state index contributed by atoms with van der Waals surface area (Å²) in [5.74, 6) is -0.879. The third-order valence-corrected chi connectivity index (χ3v) is 4.07. The third-order valence-electron chi connectivity index (χ3n) is 4.07. The molecule has 0 radical (unpaired) electrons. The predicted octanol–water partition coefficient (Wildman–Crippen LogP) is 3.53. The minimum absolute atomic E-state index is 0.266. The van der Waals surface area contributed by atoms with E-state index in [1.54, 1.807) is 24.3 Å². The molecule has 0 bridgehead atoms. The van der Waals surface area contributed by atoms with Crippen molar-refractivity contribution in [2.75, 3.05) is 0 Å². The Morgan fingerprint density at radius 3 is 2.40 bits per heavy atom. The van der Waals surface area contributed by atoms with Gasteiger partial charge in [-0.3, -0.25) is 4.79 Å². The number of nitrogens with zero attached hydrogens (tertiary/aromatic N) is 1. The van der Waals surface area contributed by atoms with Crippen molar-refractivity contribution in [3.8, 4) is 0 Å². The summed E-state index contributed by atoms with van der Waals surface area (Å²) in [6, 6.07) is 11.8. The standard InChI is InChI=1S/C19H18F2N2O2/c1-12(14-4-8-16(21)9-5-14)22-19(24)18-11-17(23-25-18)10-13-2-6-15(20)7-3-13/h2-9,12,18H,10-11H2,1H3,(H,22,24). The number of oxime groups is 1. The monoisotopic (exact) mass is 344 g/mol. The normalized spacial score (nSPS) is 17.6. The first-order chi connectivity index (χ1) is 12.0. The second kappa shape index (κ2) is 7.42. The lowest BCUT2D eigenvalue weighted by molar-refractivity contribution is -0.131. The van der Waals surface area contributed by atoms with Crippen LogP contribution in [0.3, 0.4) is 0 Å². The number of hydrogen-bond donors (Lipinski definition) is 1. The summed E-state index contributed by atoms with van der Waals surface area (Å²) in [6.45, 7) is 1.82. The molecule has 4 nitrogen and oxygen atoms in total. The van der Waals surface area contributed by atoms with Crippen LogP contribution in [0.2, 0.25) is 0 Å². The van der Waals surface area contributed by atoms with Gasteiger partial charge in [-0.05, 0) is 42.3 Å². The summed E-state index contributed by atoms with van der Waals surface area (Å²) in [6.07, 6.45) is 0.218. The smallest absolute Gasteiger partial charge is 0.264 e. The first-order valence-corrected chi connectivity index (χ1v) is 8.03. The van der Waals surface area contributed by atoms with Crippen LogP contribution in [0, 0.1) is 11.6 Å². The van der Waals surface area contributed by atoms with E-state index in [2.05, 4.69) is 10.5 Å². The van der Waals surface area contributed by atoms with Gasteiger partial charge < -0.3 is 10.2 Å². The van der Waals surface area contributed by atoms with E-state index in [1.807, 2.05) is 6.92 Å². The molecule has 6 heteroatoms. The molecule has 1 aliphatic rings. The molecule has 0 aromatic heterocycles. The van der Waals surface area contributed by atoms with Crippen LogP contribution in [0.5, 0.6) is 0 Å². The van der Waals surface area contributed by atoms with Crippen molar-refractivity contribution in [2.24, 2.45) is 5.16 Å². The molecule has 130 valence electrons. The van der Waals surface area contributed by atoms with Gasteiger partial charge in [0.1, 0.15) is 11.6 Å². The second-order valence-electron chi connectivity index (χ2n) is 6.04. The van der Waals surface area contributed by atoms with Crippen LogP contribution in [-0.2, 0) is 16.1 Å². The van der Waals surface area contributed by atoms with Gasteiger partial charge in [0.05, 0.1) is 11.8 Å². The Hall–Kier alpha value is -2.76. The lowest BCUT2D eigenvalue weighted by Crippen LogP contribution is -2.36. The highest BCUT2D eigenvalue weighted by Crippen LogP contribution is 2.18. The molecule has 3 rings (SSSR count). The predicted molar refractivity (Wildman–Crippen MR) is 90.0 cm³/mol. The molecule has 25 heavy (non-hydrogen) atoms. The molecule has 1 N–H and O–H groups in total. The lowest BCUT2D eigenvalue weighted by atomic mass is 10.0. The second-order valence-corrected chi connectivity index (χ2v) is 6.04. The fourth-order valence-corrected chi connectivity index (χ4v) is 2.65. The molecule has 2 aromatic rings. The molecule has 1 aliphatic heterocycles. The molecular formula is C19H18F2N2O2. The van der Waals surface area contributed by atoms with E-state index >= 15 is 0 Å². The van der Waals surface area contributed by atoms with Gasteiger partial charge in [-0.15, -0.1) is 0 Å². The number of carbonyl (C=O) groups excluding carboxylic acids is 1. The lowest BCUT2D eigenvalue weighted by Gasteiger charge is -2.16. The Labute approximate surface area is 144 Å². The van der Waals surface area contributed by atoms with E-state index in [4.69, 9.17) is 4.84 Å². The van der Waals surface area contributed by atoms with Crippen molar-refractivity contribution in [3.05, 3.63) is 71.3 Å². The highest BCUT2D eigenvalue weighted by Gasteiger charge is 2.29. The average Bonchev–Trinajstić information content (AvgIpc) is 3.06. The molecule has 0 fully saturated rings. The molecule has 2 aromatic carbocycles. The number of carbonyl (C=O) groups is 1. The van der Waals surface area contributed by atoms with Crippen molar-refractivity contribution in [1.82, 2.24) is 5.32 Å². The van der Waals surface area contributed by atoms with Gasteiger partial charge in [-0.25, -0.2) is 8.78 Å². The van der Waals surface area contributed by atoms with Crippen LogP contribution in [0.25, 0.3) is 0 Å². The maximum atomic E-state index is 13.0. The Morgan fingerprint density at radius 1 is 1.16 bits per heavy atom. The highest BCUT2D eigenvalue weighted by atomic mass is 19.1. The van der Waals surface area contributed by atoms with E-state index < -0.39 is 6.10 Å². The van der Waals surface area contributed by atoms with Crippen molar-refractivity contribution in [3.63, 3.8) is 0 Å². The van der Waals surface area contributed by atoms with E-state index in [1.165, 1.54) is 24.3 Å². The topological polar surface area (TPSA) is 50.7 Å². The van der Waals surface area contributed by atoms with Crippen LogP contribution in [0.4, 0.5) is 8.78 Å². The zero-order chi connectivity index (χ0) is 17.8. The number of nitrogens with one attached hydrogen (secondary N) is 1. The van der Waals surface area contributed by atoms with Crippen LogP contribution < -0.4 is 5.32 Å². The van der Waals surface area contributed by atoms with Gasteiger partial charge in [0.2, 0.25) is 6.10 Å². The molecule has 2 unspecified atom stereocenters. The van der Waals surface area contributed by atoms with Crippen molar-refractivity contribution in [1.29, 1.82) is 0 Å². The number of halogens is 2. The zero-order valence-electron chi connectivity index (χ0n) is 13.7. The molecule has 2 atom stereocenters. The van der Waals surface area contributed by atoms with Crippen molar-refractivity contribution in [2.45, 2.75) is 31.9 Å². The quantitative estimate of drug-likeness (QED) is 0.902. The molecule has 1 amide bonds. The SMILES string of the molecule is CC(NC(=O)C1CC(Cc2ccc(F)cc2)=NO1)c1ccc(F)cc1. The molecular weight excluding hydrogens is 326 g/mol. The average molecular weight is 344 g/mol. The first-order valence-electron chi connectivity index (χ1n) is 8.03. The first kappa shape index (κ1) is 17.1. The number of benzene rings is 2. The minimum atomic E-state index is -0.682. The third kappa shape index (κ3) is 4.41. The van der Waals surface area contributed by atoms with Crippen LogP contribution in [0.1, 0.15) is 30.5 Å². The van der Waals surface area contributed by atoms with Crippen LogP contribution >= 0.6 is 0 Å². The van der Waals surface area contributed by atoms with E-state index in [0.29, 0.717) is 12.8 Å². The Balaban J connectivity index is 1.52. The van der Waals surface area contributed by atoms with E-state index in [9.17, 15) is 13.6 Å². The molecule has 0 spiro atoms. The number of amides is 1. The summed E-state index contributed by atoms with van der Waals surface area (Å²) < 4.78 is 25.9. The Kier molecular flexibility index (Phi) is 5.07. The van der Waals surface area contributed by atoms with Crippen molar-refractivity contribution < 1.29 is 18.4 Å². The van der Waals surface area contributed by atoms with Gasteiger partial charge >= 0.3 is 0 Å². The summed E-state index contributed by atoms with van der Waals surface area (Å²) in [5.41, 5.74) is 2.45. The number of rotatable bonds is 5. The summed E-state index contributed by atoms with van der Waals surface area (Å²) in [4.78, 5) is 17.5. The summed E-state index contributed by atoms with van der Waals surface area (Å²) in [5, 5.41) is 6.80. The molecule has 0 saturated carbocycles. The highest BCUT2D eigenvalue weighted by molar-refractivity contribution is 5.94. The maximum absolute atomic E-state index is 13.0. The molecule has 1 heterocycles. The van der Waals surface area contributed by atoms with Gasteiger partial charge in [-0.1, -0.05) is 29.4 Å². The number of hydrogen-bond acceptors (Lipinski definition) is 3. The van der Waals surface area contributed by atoms with E-state index in [0.717, 1.165) is 16.8 Å². The molecule has 0 aliphatic carbocycles. The van der Waals surface area contributed by atoms with E-state index in [-0.39, 0.29) is 23.6 Å². The Bertz CT molecular complexity index is 773. The largest absolute Gasteiger partial charge is 0.382 e. The maximum Gasteiger partial charge on any atom is 0.264 e. The van der Waals surface area contributed by atoms with Crippen LogP contribution in [0.15, 0.2) is 53.7 Å². The minimum Gasteiger partial charge on any atom is -0.382 e. The Morgan fingerprint density at radius 2 is 1.76 bits per heavy atom.